The van der Waals surface area contributed by atoms with Gasteiger partial charge in [0.15, 0.2) is 0 Å². The van der Waals surface area contributed by atoms with Crippen LogP contribution in [-0.2, 0) is 4.79 Å². The highest BCUT2D eigenvalue weighted by Gasteiger charge is 2.12. The van der Waals surface area contributed by atoms with Crippen molar-refractivity contribution in [3.05, 3.63) is 53.0 Å². The number of methoxy groups -OCH3 is 1. The van der Waals surface area contributed by atoms with Gasteiger partial charge in [-0.3, -0.25) is 4.79 Å². The molecule has 0 fully saturated rings. The van der Waals surface area contributed by atoms with Crippen LogP contribution in [0.2, 0.25) is 0 Å². The molecule has 0 aliphatic rings. The van der Waals surface area contributed by atoms with Gasteiger partial charge in [0.1, 0.15) is 5.75 Å². The number of carbonyl (C=O) groups excluding carboxylic acids is 1. The number of amides is 1. The highest BCUT2D eigenvalue weighted by molar-refractivity contribution is 9.10. The second kappa shape index (κ2) is 8.13. The first-order valence-corrected chi connectivity index (χ1v) is 9.04. The second-order valence-electron chi connectivity index (χ2n) is 4.92. The molecule has 7 nitrogen and oxygen atoms in total. The van der Waals surface area contributed by atoms with E-state index in [1.807, 2.05) is 48.5 Å². The number of hydrogen-bond donors (Lipinski definition) is 1. The molecule has 25 heavy (non-hydrogen) atoms. The molecule has 0 unspecified atom stereocenters. The van der Waals surface area contributed by atoms with Gasteiger partial charge in [-0.2, -0.15) is 4.68 Å². The van der Waals surface area contributed by atoms with E-state index in [1.165, 1.54) is 11.8 Å². The number of halogens is 1. The predicted molar refractivity (Wildman–Crippen MR) is 99.2 cm³/mol. The van der Waals surface area contributed by atoms with Gasteiger partial charge in [0.05, 0.1) is 18.6 Å². The summed E-state index contributed by atoms with van der Waals surface area (Å²) in [6.07, 6.45) is 0. The molecule has 0 radical (unpaired) electrons. The number of aromatic nitrogens is 4. The fourth-order valence-corrected chi connectivity index (χ4v) is 3.14. The molecule has 0 bridgehead atoms. The van der Waals surface area contributed by atoms with Crippen LogP contribution in [0.15, 0.2) is 58.2 Å². The number of carbonyl (C=O) groups is 1. The fraction of sp³-hybridized carbons (Fsp3) is 0.125. The van der Waals surface area contributed by atoms with Crippen LogP contribution in [0.5, 0.6) is 5.75 Å². The van der Waals surface area contributed by atoms with Crippen molar-refractivity contribution in [2.75, 3.05) is 18.2 Å². The minimum Gasteiger partial charge on any atom is -0.497 e. The normalized spacial score (nSPS) is 10.5. The number of nitrogens with one attached hydrogen (secondary N) is 1. The van der Waals surface area contributed by atoms with Gasteiger partial charge in [0.25, 0.3) is 0 Å². The quantitative estimate of drug-likeness (QED) is 0.617. The number of tetrazole rings is 1. The molecular weight excluding hydrogens is 406 g/mol. The van der Waals surface area contributed by atoms with E-state index < -0.39 is 0 Å². The van der Waals surface area contributed by atoms with Crippen LogP contribution in [0.4, 0.5) is 5.69 Å². The van der Waals surface area contributed by atoms with Gasteiger partial charge in [-0.1, -0.05) is 33.8 Å². The Morgan fingerprint density at radius 3 is 2.80 bits per heavy atom. The SMILES string of the molecule is COc1ccc(-n2nnnc2SCC(=O)Nc2cccc(Br)c2)cc1. The Kier molecular flexibility index (Phi) is 5.67. The van der Waals surface area contributed by atoms with E-state index in [0.717, 1.165) is 21.6 Å². The Hall–Kier alpha value is -2.39. The standard InChI is InChI=1S/C16H14BrN5O2S/c1-24-14-7-5-13(6-8-14)22-16(19-20-21-22)25-10-15(23)18-12-4-2-3-11(17)9-12/h2-9H,10H2,1H3,(H,18,23). The van der Waals surface area contributed by atoms with Crippen molar-refractivity contribution >= 4 is 39.3 Å². The molecule has 0 spiro atoms. The van der Waals surface area contributed by atoms with E-state index in [1.54, 1.807) is 11.8 Å². The first-order valence-electron chi connectivity index (χ1n) is 7.27. The molecule has 0 aliphatic carbocycles. The fourth-order valence-electron chi connectivity index (χ4n) is 2.05. The summed E-state index contributed by atoms with van der Waals surface area (Å²) in [5.41, 5.74) is 1.52. The predicted octanol–water partition coefficient (Wildman–Crippen LogP) is 3.16. The van der Waals surface area contributed by atoms with Crippen LogP contribution in [0.25, 0.3) is 5.69 Å². The van der Waals surface area contributed by atoms with Gasteiger partial charge in [-0.15, -0.1) is 5.10 Å². The van der Waals surface area contributed by atoms with Crippen LogP contribution in [0, 0.1) is 0 Å². The first-order chi connectivity index (χ1) is 12.2. The molecule has 0 saturated carbocycles. The zero-order valence-electron chi connectivity index (χ0n) is 13.2. The third-order valence-electron chi connectivity index (χ3n) is 3.20. The number of anilines is 1. The summed E-state index contributed by atoms with van der Waals surface area (Å²) in [5.74, 6) is 0.815. The summed E-state index contributed by atoms with van der Waals surface area (Å²) in [6, 6.07) is 14.8. The number of hydrogen-bond acceptors (Lipinski definition) is 6. The van der Waals surface area contributed by atoms with E-state index in [0.29, 0.717) is 5.16 Å². The summed E-state index contributed by atoms with van der Waals surface area (Å²) < 4.78 is 7.62. The minimum absolute atomic E-state index is 0.132. The van der Waals surface area contributed by atoms with E-state index >= 15 is 0 Å². The van der Waals surface area contributed by atoms with Gasteiger partial charge < -0.3 is 10.1 Å². The van der Waals surface area contributed by atoms with Gasteiger partial charge in [0.2, 0.25) is 11.1 Å². The summed E-state index contributed by atoms with van der Waals surface area (Å²) >= 11 is 4.63. The van der Waals surface area contributed by atoms with E-state index in [2.05, 4.69) is 36.8 Å². The highest BCUT2D eigenvalue weighted by atomic mass is 79.9. The van der Waals surface area contributed by atoms with E-state index in [4.69, 9.17) is 4.74 Å². The number of benzene rings is 2. The maximum absolute atomic E-state index is 12.1. The van der Waals surface area contributed by atoms with Crippen molar-refractivity contribution in [3.63, 3.8) is 0 Å². The van der Waals surface area contributed by atoms with Crippen molar-refractivity contribution in [2.24, 2.45) is 0 Å². The van der Waals surface area contributed by atoms with Gasteiger partial charge in [0, 0.05) is 10.2 Å². The van der Waals surface area contributed by atoms with Crippen molar-refractivity contribution in [3.8, 4) is 11.4 Å². The third-order valence-corrected chi connectivity index (χ3v) is 4.61. The van der Waals surface area contributed by atoms with Crippen molar-refractivity contribution in [1.29, 1.82) is 0 Å². The molecule has 0 aliphatic heterocycles. The Morgan fingerprint density at radius 1 is 1.28 bits per heavy atom. The lowest BCUT2D eigenvalue weighted by molar-refractivity contribution is -0.113. The maximum Gasteiger partial charge on any atom is 0.234 e. The highest BCUT2D eigenvalue weighted by Crippen LogP contribution is 2.21. The zero-order chi connectivity index (χ0) is 17.6. The smallest absolute Gasteiger partial charge is 0.234 e. The molecule has 3 aromatic rings. The molecule has 0 saturated heterocycles. The van der Waals surface area contributed by atoms with Gasteiger partial charge in [-0.05, 0) is 52.9 Å². The van der Waals surface area contributed by atoms with Crippen molar-refractivity contribution in [1.82, 2.24) is 20.2 Å². The molecule has 1 N–H and O–H groups in total. The zero-order valence-corrected chi connectivity index (χ0v) is 15.6. The molecule has 3 rings (SSSR count). The van der Waals surface area contributed by atoms with Crippen molar-refractivity contribution in [2.45, 2.75) is 5.16 Å². The van der Waals surface area contributed by atoms with Crippen LogP contribution in [-0.4, -0.2) is 39.0 Å². The molecule has 1 aromatic heterocycles. The Balaban J connectivity index is 1.64. The Bertz CT molecular complexity index is 869. The molecule has 1 amide bonds. The Morgan fingerprint density at radius 2 is 2.08 bits per heavy atom. The number of nitrogens with zero attached hydrogens (tertiary/aromatic N) is 4. The number of ether oxygens (including phenoxy) is 1. The minimum atomic E-state index is -0.132. The average Bonchev–Trinajstić information content (AvgIpc) is 3.08. The van der Waals surface area contributed by atoms with Crippen molar-refractivity contribution < 1.29 is 9.53 Å². The maximum atomic E-state index is 12.1. The van der Waals surface area contributed by atoms with Gasteiger partial charge >= 0.3 is 0 Å². The first kappa shape index (κ1) is 17.4. The molecule has 0 atom stereocenters. The van der Waals surface area contributed by atoms with E-state index in [9.17, 15) is 4.79 Å². The second-order valence-corrected chi connectivity index (χ2v) is 6.78. The lowest BCUT2D eigenvalue weighted by atomic mass is 10.3. The summed E-state index contributed by atoms with van der Waals surface area (Å²) in [5, 5.41) is 15.0. The largest absolute Gasteiger partial charge is 0.497 e. The molecular formula is C16H14BrN5O2S. The van der Waals surface area contributed by atoms with E-state index in [-0.39, 0.29) is 11.7 Å². The van der Waals surface area contributed by atoms with Gasteiger partial charge in [-0.25, -0.2) is 0 Å². The van der Waals surface area contributed by atoms with Crippen LogP contribution < -0.4 is 10.1 Å². The Labute approximate surface area is 156 Å². The topological polar surface area (TPSA) is 81.9 Å². The van der Waals surface area contributed by atoms with Crippen LogP contribution in [0.3, 0.4) is 0 Å². The molecule has 1 heterocycles. The monoisotopic (exact) mass is 419 g/mol. The summed E-state index contributed by atoms with van der Waals surface area (Å²) in [4.78, 5) is 12.1. The summed E-state index contributed by atoms with van der Waals surface area (Å²) in [6.45, 7) is 0. The summed E-state index contributed by atoms with van der Waals surface area (Å²) in [7, 11) is 1.61. The lowest BCUT2D eigenvalue weighted by Crippen LogP contribution is -2.14. The van der Waals surface area contributed by atoms with Crippen LogP contribution >= 0.6 is 27.7 Å². The van der Waals surface area contributed by atoms with Crippen LogP contribution in [0.1, 0.15) is 0 Å². The number of thioether (sulfide) groups is 1. The molecule has 128 valence electrons. The average molecular weight is 420 g/mol. The lowest BCUT2D eigenvalue weighted by Gasteiger charge is -2.06. The molecule has 9 heteroatoms. The molecule has 2 aromatic carbocycles. The third kappa shape index (κ3) is 4.58. The number of rotatable bonds is 6.